The third-order valence-electron chi connectivity index (χ3n) is 6.56. The van der Waals surface area contributed by atoms with E-state index < -0.39 is 6.10 Å². The number of aliphatic hydroxyl groups excluding tert-OH is 1. The van der Waals surface area contributed by atoms with E-state index in [4.69, 9.17) is 4.74 Å². The molecule has 2 N–H and O–H groups in total. The third-order valence-corrected chi connectivity index (χ3v) is 6.56. The zero-order chi connectivity index (χ0) is 14.4. The van der Waals surface area contributed by atoms with E-state index in [1.54, 1.807) is 6.07 Å². The summed E-state index contributed by atoms with van der Waals surface area (Å²) in [7, 11) is 2.22. The first-order valence-corrected chi connectivity index (χ1v) is 8.03. The Kier molecular flexibility index (Phi) is 2.19. The normalized spacial score (nSPS) is 43.3. The Bertz CT molecular complexity index is 631. The summed E-state index contributed by atoms with van der Waals surface area (Å²) in [5.74, 6) is 1.44. The van der Waals surface area contributed by atoms with Gasteiger partial charge in [0.15, 0.2) is 11.5 Å². The van der Waals surface area contributed by atoms with Crippen molar-refractivity contribution in [1.29, 1.82) is 0 Å². The largest absolute Gasteiger partial charge is 0.504 e. The first-order valence-electron chi connectivity index (χ1n) is 8.03. The van der Waals surface area contributed by atoms with Crippen LogP contribution in [0.5, 0.6) is 11.5 Å². The maximum atomic E-state index is 10.5. The van der Waals surface area contributed by atoms with E-state index in [1.165, 1.54) is 11.1 Å². The fourth-order valence-electron chi connectivity index (χ4n) is 5.71. The molecule has 112 valence electrons. The molecule has 5 atom stereocenters. The Balaban J connectivity index is 1.81. The Morgan fingerprint density at radius 3 is 3.05 bits per heavy atom. The number of aliphatic hydroxyl groups is 1. The van der Waals surface area contributed by atoms with Crippen LogP contribution in [0, 0.1) is 5.92 Å². The van der Waals surface area contributed by atoms with E-state index in [2.05, 4.69) is 18.0 Å². The number of hydrogen-bond donors (Lipinski definition) is 2. The lowest BCUT2D eigenvalue weighted by Gasteiger charge is -2.58. The van der Waals surface area contributed by atoms with Gasteiger partial charge in [-0.05, 0) is 56.8 Å². The molecule has 1 aromatic rings. The van der Waals surface area contributed by atoms with Gasteiger partial charge in [0.1, 0.15) is 6.10 Å². The van der Waals surface area contributed by atoms with Gasteiger partial charge in [0.25, 0.3) is 0 Å². The number of nitrogens with zero attached hydrogens (tertiary/aromatic N) is 1. The maximum Gasteiger partial charge on any atom is 0.165 e. The zero-order valence-corrected chi connectivity index (χ0v) is 12.2. The number of likely N-dealkylation sites (N-methyl/N-ethyl adjacent to an activating group) is 1. The molecule has 4 heteroatoms. The van der Waals surface area contributed by atoms with Crippen molar-refractivity contribution in [2.45, 2.75) is 49.3 Å². The van der Waals surface area contributed by atoms with Gasteiger partial charge in [-0.1, -0.05) is 6.07 Å². The van der Waals surface area contributed by atoms with Crippen LogP contribution in [0.2, 0.25) is 0 Å². The molecule has 0 radical (unpaired) electrons. The highest BCUT2D eigenvalue weighted by molar-refractivity contribution is 5.60. The smallest absolute Gasteiger partial charge is 0.165 e. The zero-order valence-electron chi connectivity index (χ0n) is 12.2. The van der Waals surface area contributed by atoms with Crippen LogP contribution in [0.15, 0.2) is 12.1 Å². The summed E-state index contributed by atoms with van der Waals surface area (Å²) in [6, 6.07) is 4.36. The summed E-state index contributed by atoms with van der Waals surface area (Å²) in [4.78, 5) is 2.48. The van der Waals surface area contributed by atoms with Crippen molar-refractivity contribution >= 4 is 0 Å². The van der Waals surface area contributed by atoms with Crippen LogP contribution in [0.25, 0.3) is 0 Å². The lowest BCUT2D eigenvalue weighted by molar-refractivity contribution is -0.0993. The van der Waals surface area contributed by atoms with Crippen molar-refractivity contribution in [2.24, 2.45) is 5.92 Å². The lowest BCUT2D eigenvalue weighted by atomic mass is 9.51. The van der Waals surface area contributed by atoms with Crippen molar-refractivity contribution in [1.82, 2.24) is 4.90 Å². The number of phenols is 1. The number of aromatic hydroxyl groups is 1. The molecule has 1 saturated carbocycles. The van der Waals surface area contributed by atoms with Crippen molar-refractivity contribution in [3.8, 4) is 11.5 Å². The number of ether oxygens (including phenoxy) is 1. The second kappa shape index (κ2) is 3.73. The molecule has 21 heavy (non-hydrogen) atoms. The van der Waals surface area contributed by atoms with Gasteiger partial charge in [-0.3, -0.25) is 0 Å². The topological polar surface area (TPSA) is 52.9 Å². The van der Waals surface area contributed by atoms with Gasteiger partial charge in [0.05, 0.1) is 6.10 Å². The molecule has 2 fully saturated rings. The number of piperidine rings is 1. The van der Waals surface area contributed by atoms with Gasteiger partial charge in [0, 0.05) is 17.0 Å². The Hall–Kier alpha value is -1.26. The van der Waals surface area contributed by atoms with E-state index >= 15 is 0 Å². The Morgan fingerprint density at radius 2 is 2.19 bits per heavy atom. The molecule has 1 saturated heterocycles. The summed E-state index contributed by atoms with van der Waals surface area (Å²) in [5.41, 5.74) is 2.46. The standard InChI is InChI=1S/C17H21NO3/c1-18-7-6-17-10-3-5-13(20)16(17)21-15-12(19)4-2-9(14(15)17)8-11(10)18/h2,4,10-11,13,16,19-20H,3,5-8H2,1H3/t10-,11+,13-,16-,17-/m1/s1. The molecule has 4 nitrogen and oxygen atoms in total. The molecule has 1 aromatic carbocycles. The third kappa shape index (κ3) is 1.25. The second-order valence-corrected chi connectivity index (χ2v) is 7.28. The van der Waals surface area contributed by atoms with Gasteiger partial charge in [-0.2, -0.15) is 0 Å². The summed E-state index contributed by atoms with van der Waals surface area (Å²) >= 11 is 0. The van der Waals surface area contributed by atoms with Crippen LogP contribution in [-0.4, -0.2) is 47.0 Å². The highest BCUT2D eigenvalue weighted by Gasteiger charge is 2.65. The minimum atomic E-state index is -0.414. The summed E-state index contributed by atoms with van der Waals surface area (Å²) in [5, 5.41) is 20.8. The van der Waals surface area contributed by atoms with Gasteiger partial charge in [-0.15, -0.1) is 0 Å². The van der Waals surface area contributed by atoms with E-state index in [0.717, 1.165) is 32.2 Å². The molecule has 0 aromatic heterocycles. The molecule has 0 amide bonds. The Labute approximate surface area is 124 Å². The van der Waals surface area contributed by atoms with Crippen LogP contribution in [-0.2, 0) is 11.8 Å². The summed E-state index contributed by atoms with van der Waals surface area (Å²) < 4.78 is 6.14. The number of benzene rings is 1. The van der Waals surface area contributed by atoms with Gasteiger partial charge >= 0.3 is 0 Å². The van der Waals surface area contributed by atoms with Crippen molar-refractivity contribution in [3.05, 3.63) is 23.3 Å². The van der Waals surface area contributed by atoms with Gasteiger partial charge < -0.3 is 19.8 Å². The quantitative estimate of drug-likeness (QED) is 0.758. The molecule has 1 spiro atoms. The molecular weight excluding hydrogens is 266 g/mol. The molecule has 2 bridgehead atoms. The average Bonchev–Trinajstić information content (AvgIpc) is 2.83. The number of rotatable bonds is 0. The Morgan fingerprint density at radius 1 is 1.33 bits per heavy atom. The SMILES string of the molecule is CN1CC[C@@]23c4c5ccc(O)c4O[C@@H]2[C@H](O)CC[C@@H]3[C@@H]1C5. The first-order chi connectivity index (χ1) is 10.1. The van der Waals surface area contributed by atoms with E-state index in [0.29, 0.717) is 17.7 Å². The average molecular weight is 287 g/mol. The molecule has 2 aliphatic heterocycles. The predicted octanol–water partition coefficient (Wildman–Crippen LogP) is 1.42. The van der Waals surface area contributed by atoms with Crippen LogP contribution >= 0.6 is 0 Å². The first kappa shape index (κ1) is 12.3. The minimum absolute atomic E-state index is 0.0729. The van der Waals surface area contributed by atoms with Gasteiger partial charge in [-0.25, -0.2) is 0 Å². The highest BCUT2D eigenvalue weighted by atomic mass is 16.5. The van der Waals surface area contributed by atoms with Crippen molar-refractivity contribution in [3.63, 3.8) is 0 Å². The van der Waals surface area contributed by atoms with Crippen LogP contribution in [0.3, 0.4) is 0 Å². The number of hydrogen-bond acceptors (Lipinski definition) is 4. The molecule has 5 rings (SSSR count). The van der Waals surface area contributed by atoms with E-state index in [9.17, 15) is 10.2 Å². The van der Waals surface area contributed by atoms with Crippen LogP contribution in [0.1, 0.15) is 30.4 Å². The maximum absolute atomic E-state index is 10.5. The summed E-state index contributed by atoms with van der Waals surface area (Å²) in [6.45, 7) is 1.04. The van der Waals surface area contributed by atoms with Crippen LogP contribution in [0.4, 0.5) is 0 Å². The second-order valence-electron chi connectivity index (χ2n) is 7.28. The van der Waals surface area contributed by atoms with Gasteiger partial charge in [0.2, 0.25) is 0 Å². The summed E-state index contributed by atoms with van der Waals surface area (Å²) in [6.07, 6.45) is 3.35. The molecule has 0 unspecified atom stereocenters. The fraction of sp³-hybridized carbons (Fsp3) is 0.647. The molecule has 4 aliphatic rings. The monoisotopic (exact) mass is 287 g/mol. The predicted molar refractivity (Wildman–Crippen MR) is 77.7 cm³/mol. The lowest BCUT2D eigenvalue weighted by Crippen LogP contribution is -2.66. The highest BCUT2D eigenvalue weighted by Crippen LogP contribution is 2.63. The number of phenolic OH excluding ortho intramolecular Hbond substituents is 1. The van der Waals surface area contributed by atoms with E-state index in [-0.39, 0.29) is 17.3 Å². The van der Waals surface area contributed by atoms with E-state index in [1.807, 2.05) is 0 Å². The number of likely N-dealkylation sites (tertiary alicyclic amines) is 1. The van der Waals surface area contributed by atoms with Crippen LogP contribution < -0.4 is 4.74 Å². The fourth-order valence-corrected chi connectivity index (χ4v) is 5.71. The molecular formula is C17H21NO3. The molecule has 2 aliphatic carbocycles. The van der Waals surface area contributed by atoms with Crippen molar-refractivity contribution in [2.75, 3.05) is 13.6 Å². The van der Waals surface area contributed by atoms with Crippen molar-refractivity contribution < 1.29 is 14.9 Å². The molecule has 2 heterocycles. The minimum Gasteiger partial charge on any atom is -0.504 e.